The van der Waals surface area contributed by atoms with Crippen LogP contribution in [-0.4, -0.2) is 21.0 Å². The predicted molar refractivity (Wildman–Crippen MR) is 77.5 cm³/mol. The second kappa shape index (κ2) is 4.71. The number of carboxylic acids is 1. The van der Waals surface area contributed by atoms with E-state index in [0.717, 1.165) is 9.35 Å². The van der Waals surface area contributed by atoms with Crippen LogP contribution in [0.3, 0.4) is 0 Å². The Labute approximate surface area is 120 Å². The number of carboxylic acid groups (broad SMARTS) is 1. The summed E-state index contributed by atoms with van der Waals surface area (Å²) >= 11 is 4.80. The molecule has 0 radical (unpaired) electrons. The van der Waals surface area contributed by atoms with Crippen molar-refractivity contribution in [1.29, 1.82) is 0 Å². The van der Waals surface area contributed by atoms with Gasteiger partial charge in [-0.1, -0.05) is 22.0 Å². The molecule has 3 rings (SSSR count). The highest BCUT2D eigenvalue weighted by atomic mass is 79.9. The minimum atomic E-state index is -0.958. The first-order chi connectivity index (χ1) is 9.15. The first-order valence-electron chi connectivity index (χ1n) is 5.37. The van der Waals surface area contributed by atoms with Gasteiger partial charge in [0.05, 0.1) is 27.2 Å². The Morgan fingerprint density at radius 3 is 2.84 bits per heavy atom. The Morgan fingerprint density at radius 2 is 2.16 bits per heavy atom. The van der Waals surface area contributed by atoms with E-state index in [0.29, 0.717) is 16.6 Å². The van der Waals surface area contributed by atoms with Crippen LogP contribution in [-0.2, 0) is 0 Å². The number of halogens is 1. The van der Waals surface area contributed by atoms with E-state index >= 15 is 0 Å². The molecule has 4 nitrogen and oxygen atoms in total. The quantitative estimate of drug-likeness (QED) is 0.773. The van der Waals surface area contributed by atoms with Crippen molar-refractivity contribution in [3.8, 4) is 10.6 Å². The summed E-state index contributed by atoms with van der Waals surface area (Å²) in [5.74, 6) is -0.958. The summed E-state index contributed by atoms with van der Waals surface area (Å²) in [6.45, 7) is 0. The number of hydrogen-bond acceptors (Lipinski definition) is 4. The number of fused-ring (bicyclic) bond motifs is 1. The normalized spacial score (nSPS) is 10.8. The van der Waals surface area contributed by atoms with Gasteiger partial charge in [-0.05, 0) is 18.2 Å². The molecule has 0 bridgehead atoms. The van der Waals surface area contributed by atoms with Gasteiger partial charge in [-0.15, -0.1) is 11.3 Å². The highest BCUT2D eigenvalue weighted by Gasteiger charge is 2.13. The van der Waals surface area contributed by atoms with Crippen LogP contribution in [0, 0.1) is 0 Å². The Bertz CT molecular complexity index is 772. The number of thiazole rings is 1. The fourth-order valence-electron chi connectivity index (χ4n) is 1.85. The molecule has 19 heavy (non-hydrogen) atoms. The minimum Gasteiger partial charge on any atom is -0.478 e. The lowest BCUT2D eigenvalue weighted by molar-refractivity contribution is 0.0699. The van der Waals surface area contributed by atoms with Gasteiger partial charge < -0.3 is 5.11 Å². The van der Waals surface area contributed by atoms with Gasteiger partial charge in [0.2, 0.25) is 0 Å². The van der Waals surface area contributed by atoms with Gasteiger partial charge in [-0.2, -0.15) is 0 Å². The Kier molecular flexibility index (Phi) is 3.04. The monoisotopic (exact) mass is 334 g/mol. The van der Waals surface area contributed by atoms with Crippen LogP contribution in [0.4, 0.5) is 0 Å². The SMILES string of the molecule is O=C(O)c1cc(-c2cncs2)nc2cc(Br)ccc12. The molecule has 0 aliphatic heterocycles. The predicted octanol–water partition coefficient (Wildman–Crippen LogP) is 3.82. The molecule has 0 aliphatic rings. The van der Waals surface area contributed by atoms with Gasteiger partial charge in [0.25, 0.3) is 0 Å². The van der Waals surface area contributed by atoms with Crippen LogP contribution >= 0.6 is 27.3 Å². The molecule has 0 spiro atoms. The van der Waals surface area contributed by atoms with E-state index in [2.05, 4.69) is 25.9 Å². The average Bonchev–Trinajstić information content (AvgIpc) is 2.90. The van der Waals surface area contributed by atoms with E-state index in [1.807, 2.05) is 12.1 Å². The third-order valence-electron chi connectivity index (χ3n) is 2.69. The van der Waals surface area contributed by atoms with Gasteiger partial charge >= 0.3 is 5.97 Å². The van der Waals surface area contributed by atoms with Crippen molar-refractivity contribution in [2.24, 2.45) is 0 Å². The van der Waals surface area contributed by atoms with Crippen LogP contribution in [0.25, 0.3) is 21.5 Å². The Hall–Kier alpha value is -1.79. The summed E-state index contributed by atoms with van der Waals surface area (Å²) in [6, 6.07) is 6.97. The fraction of sp³-hybridized carbons (Fsp3) is 0. The number of aromatic nitrogens is 2. The van der Waals surface area contributed by atoms with Crippen LogP contribution in [0.2, 0.25) is 0 Å². The zero-order valence-corrected chi connectivity index (χ0v) is 11.9. The van der Waals surface area contributed by atoms with Crippen LogP contribution in [0.1, 0.15) is 10.4 Å². The lowest BCUT2D eigenvalue weighted by Gasteiger charge is -2.05. The minimum absolute atomic E-state index is 0.251. The summed E-state index contributed by atoms with van der Waals surface area (Å²) in [5, 5.41) is 9.95. The van der Waals surface area contributed by atoms with Gasteiger partial charge in [0.1, 0.15) is 0 Å². The lowest BCUT2D eigenvalue weighted by atomic mass is 10.1. The molecule has 0 fully saturated rings. The van der Waals surface area contributed by atoms with Crippen molar-refractivity contribution < 1.29 is 9.90 Å². The molecule has 0 aliphatic carbocycles. The molecule has 0 unspecified atom stereocenters. The third-order valence-corrected chi connectivity index (χ3v) is 3.98. The summed E-state index contributed by atoms with van der Waals surface area (Å²) in [6.07, 6.45) is 1.68. The molecule has 0 saturated heterocycles. The Balaban J connectivity index is 2.34. The molecule has 0 saturated carbocycles. The second-order valence-corrected chi connectivity index (χ2v) is 5.69. The molecule has 1 N–H and O–H groups in total. The lowest BCUT2D eigenvalue weighted by Crippen LogP contribution is -1.99. The topological polar surface area (TPSA) is 63.1 Å². The second-order valence-electron chi connectivity index (χ2n) is 3.89. The highest BCUT2D eigenvalue weighted by Crippen LogP contribution is 2.28. The first-order valence-corrected chi connectivity index (χ1v) is 7.05. The number of pyridine rings is 1. The third kappa shape index (κ3) is 2.24. The van der Waals surface area contributed by atoms with Crippen molar-refractivity contribution in [2.45, 2.75) is 0 Å². The molecule has 3 aromatic rings. The maximum atomic E-state index is 11.4. The van der Waals surface area contributed by atoms with Crippen LogP contribution < -0.4 is 0 Å². The maximum absolute atomic E-state index is 11.4. The fourth-order valence-corrected chi connectivity index (χ4v) is 2.78. The van der Waals surface area contributed by atoms with E-state index in [1.54, 1.807) is 23.8 Å². The Morgan fingerprint density at radius 1 is 1.32 bits per heavy atom. The van der Waals surface area contributed by atoms with E-state index in [1.165, 1.54) is 11.3 Å². The largest absolute Gasteiger partial charge is 0.478 e. The summed E-state index contributed by atoms with van der Waals surface area (Å²) in [5.41, 5.74) is 3.23. The van der Waals surface area contributed by atoms with Crippen LogP contribution in [0.5, 0.6) is 0 Å². The number of aromatic carboxylic acids is 1. The molecular weight excluding hydrogens is 328 g/mol. The number of nitrogens with zero attached hydrogens (tertiary/aromatic N) is 2. The van der Waals surface area contributed by atoms with E-state index in [4.69, 9.17) is 0 Å². The van der Waals surface area contributed by atoms with Gasteiger partial charge in [0.15, 0.2) is 0 Å². The molecule has 94 valence electrons. The molecule has 2 heterocycles. The smallest absolute Gasteiger partial charge is 0.336 e. The summed E-state index contributed by atoms with van der Waals surface area (Å²) < 4.78 is 0.866. The van der Waals surface area contributed by atoms with Crippen molar-refractivity contribution in [2.75, 3.05) is 0 Å². The van der Waals surface area contributed by atoms with E-state index in [-0.39, 0.29) is 5.56 Å². The van der Waals surface area contributed by atoms with Crippen molar-refractivity contribution in [3.05, 3.63) is 46.0 Å². The van der Waals surface area contributed by atoms with Crippen molar-refractivity contribution >= 4 is 44.1 Å². The number of benzene rings is 1. The maximum Gasteiger partial charge on any atom is 0.336 e. The van der Waals surface area contributed by atoms with Gasteiger partial charge in [-0.25, -0.2) is 9.78 Å². The van der Waals surface area contributed by atoms with Gasteiger partial charge in [-0.3, -0.25) is 4.98 Å². The number of hydrogen-bond donors (Lipinski definition) is 1. The summed E-state index contributed by atoms with van der Waals surface area (Å²) in [7, 11) is 0. The number of carbonyl (C=O) groups is 1. The van der Waals surface area contributed by atoms with Gasteiger partial charge in [0, 0.05) is 16.1 Å². The number of rotatable bonds is 2. The molecule has 6 heteroatoms. The van der Waals surface area contributed by atoms with Crippen molar-refractivity contribution in [1.82, 2.24) is 9.97 Å². The first kappa shape index (κ1) is 12.3. The average molecular weight is 335 g/mol. The molecule has 0 amide bonds. The molecule has 1 aromatic carbocycles. The van der Waals surface area contributed by atoms with E-state index in [9.17, 15) is 9.90 Å². The zero-order chi connectivity index (χ0) is 13.4. The summed E-state index contributed by atoms with van der Waals surface area (Å²) in [4.78, 5) is 20.7. The molecule has 0 atom stereocenters. The molecule has 2 aromatic heterocycles. The zero-order valence-electron chi connectivity index (χ0n) is 9.50. The standard InChI is InChI=1S/C13H7BrN2O2S/c14-7-1-2-8-9(13(17)18)4-11(16-10(8)3-7)12-5-15-6-19-12/h1-6H,(H,17,18). The highest BCUT2D eigenvalue weighted by molar-refractivity contribution is 9.10. The van der Waals surface area contributed by atoms with Crippen LogP contribution in [0.15, 0.2) is 40.4 Å². The van der Waals surface area contributed by atoms with Crippen molar-refractivity contribution in [3.63, 3.8) is 0 Å². The molecular formula is C13H7BrN2O2S. The van der Waals surface area contributed by atoms with E-state index < -0.39 is 5.97 Å².